The van der Waals surface area contributed by atoms with E-state index >= 15 is 0 Å². The molecule has 1 saturated heterocycles. The monoisotopic (exact) mass is 348 g/mol. The van der Waals surface area contributed by atoms with Crippen molar-refractivity contribution in [2.45, 2.75) is 43.9 Å². The highest BCUT2D eigenvalue weighted by Crippen LogP contribution is 2.31. The molecule has 2 unspecified atom stereocenters. The molecular weight excluding hydrogens is 328 g/mol. The molecule has 2 fully saturated rings. The zero-order chi connectivity index (χ0) is 18.0. The summed E-state index contributed by atoms with van der Waals surface area (Å²) in [5, 5.41) is 24.3. The molecule has 0 aromatic heterocycles. The van der Waals surface area contributed by atoms with Gasteiger partial charge < -0.3 is 20.6 Å². The second-order valence-electron chi connectivity index (χ2n) is 6.49. The van der Waals surface area contributed by atoms with Crippen molar-refractivity contribution in [2.75, 3.05) is 0 Å². The molecule has 2 atom stereocenters. The third kappa shape index (κ3) is 3.35. The number of benzene rings is 1. The zero-order valence-electron chi connectivity index (χ0n) is 13.5. The van der Waals surface area contributed by atoms with Gasteiger partial charge in [0.1, 0.15) is 5.92 Å². The molecule has 0 bridgehead atoms. The summed E-state index contributed by atoms with van der Waals surface area (Å²) in [4.78, 5) is 40.9. The number of Topliss-reactive ketones (excluding diaryl/α,β-unsaturated/α-hetero) is 1. The fraction of sp³-hybridized carbons (Fsp3) is 0.471. The highest BCUT2D eigenvalue weighted by molar-refractivity contribution is 6.13. The van der Waals surface area contributed by atoms with Gasteiger partial charge in [-0.05, 0) is 37.1 Å². The van der Waals surface area contributed by atoms with Crippen LogP contribution in [0.3, 0.4) is 0 Å². The summed E-state index contributed by atoms with van der Waals surface area (Å²) >= 11 is 0. The number of aliphatic hydroxyl groups is 1. The number of rotatable bonds is 5. The van der Waals surface area contributed by atoms with E-state index in [0.29, 0.717) is 0 Å². The smallest absolute Gasteiger partial charge is 0.234 e. The third-order valence-corrected chi connectivity index (χ3v) is 4.78. The summed E-state index contributed by atoms with van der Waals surface area (Å²) in [5.41, 5.74) is -2.06. The normalized spacial score (nSPS) is 26.6. The highest BCUT2D eigenvalue weighted by atomic mass is 17.1. The molecule has 8 nitrogen and oxygen atoms in total. The Morgan fingerprint density at radius 2 is 1.88 bits per heavy atom. The predicted octanol–water partition coefficient (Wildman–Crippen LogP) is 0.447. The number of carbonyl (C=O) groups is 3. The van der Waals surface area contributed by atoms with Crippen molar-refractivity contribution < 1.29 is 29.6 Å². The van der Waals surface area contributed by atoms with Crippen molar-refractivity contribution in [3.05, 3.63) is 29.8 Å². The topological polar surface area (TPSA) is 125 Å². The molecule has 0 spiro atoms. The van der Waals surface area contributed by atoms with E-state index in [1.165, 1.54) is 24.3 Å². The first-order valence-electron chi connectivity index (χ1n) is 8.24. The Morgan fingerprint density at radius 3 is 2.48 bits per heavy atom. The first kappa shape index (κ1) is 17.4. The van der Waals surface area contributed by atoms with Gasteiger partial charge in [0.15, 0.2) is 5.75 Å². The van der Waals surface area contributed by atoms with Crippen LogP contribution in [0.1, 0.15) is 37.7 Å². The second-order valence-corrected chi connectivity index (χ2v) is 6.49. The van der Waals surface area contributed by atoms with Crippen LogP contribution >= 0.6 is 0 Å². The largest absolute Gasteiger partial charge is 0.361 e. The lowest BCUT2D eigenvalue weighted by molar-refractivity contribution is -0.141. The van der Waals surface area contributed by atoms with Crippen LogP contribution in [0.2, 0.25) is 0 Å². The molecule has 0 radical (unpaired) electrons. The van der Waals surface area contributed by atoms with Crippen molar-refractivity contribution in [2.24, 2.45) is 5.92 Å². The van der Waals surface area contributed by atoms with E-state index in [-0.39, 0.29) is 29.7 Å². The summed E-state index contributed by atoms with van der Waals surface area (Å²) in [6.45, 7) is 0. The van der Waals surface area contributed by atoms with Gasteiger partial charge in [-0.1, -0.05) is 12.8 Å². The van der Waals surface area contributed by atoms with Crippen molar-refractivity contribution in [3.8, 4) is 5.75 Å². The average Bonchev–Trinajstić information content (AvgIpc) is 3.18. The Morgan fingerprint density at radius 1 is 1.24 bits per heavy atom. The molecule has 2 aliphatic rings. The van der Waals surface area contributed by atoms with Crippen LogP contribution in [-0.4, -0.2) is 34.0 Å². The number of hydrogen-bond donors (Lipinski definition) is 4. The van der Waals surface area contributed by atoms with Crippen LogP contribution in [0, 0.1) is 5.92 Å². The second kappa shape index (κ2) is 6.81. The minimum absolute atomic E-state index is 0.0944. The van der Waals surface area contributed by atoms with E-state index in [1.807, 2.05) is 0 Å². The van der Waals surface area contributed by atoms with Gasteiger partial charge in [0.05, 0.1) is 0 Å². The van der Waals surface area contributed by atoms with Crippen molar-refractivity contribution >= 4 is 17.6 Å². The number of amides is 2. The molecule has 1 heterocycles. The van der Waals surface area contributed by atoms with E-state index in [4.69, 9.17) is 5.26 Å². The van der Waals surface area contributed by atoms with Crippen LogP contribution in [0.15, 0.2) is 24.3 Å². The molecule has 1 aliphatic heterocycles. The SMILES string of the molecule is O=C(CC1C(=O)NC(O)(c2ccc(OO)cc2)C1=O)NC1CCCC1. The van der Waals surface area contributed by atoms with E-state index < -0.39 is 23.3 Å². The fourth-order valence-electron chi connectivity index (χ4n) is 3.40. The van der Waals surface area contributed by atoms with Gasteiger partial charge in [0.25, 0.3) is 0 Å². The lowest BCUT2D eigenvalue weighted by Crippen LogP contribution is -2.43. The number of hydrogen-bond acceptors (Lipinski definition) is 6. The minimum atomic E-state index is -2.19. The summed E-state index contributed by atoms with van der Waals surface area (Å²) < 4.78 is 0. The van der Waals surface area contributed by atoms with E-state index in [9.17, 15) is 19.5 Å². The molecule has 3 rings (SSSR count). The van der Waals surface area contributed by atoms with Crippen LogP contribution < -0.4 is 15.5 Å². The van der Waals surface area contributed by atoms with Crippen molar-refractivity contribution in [1.29, 1.82) is 0 Å². The van der Waals surface area contributed by atoms with Crippen LogP contribution in [0.5, 0.6) is 5.75 Å². The van der Waals surface area contributed by atoms with E-state index in [2.05, 4.69) is 15.5 Å². The quantitative estimate of drug-likeness (QED) is 0.348. The standard InChI is InChI=1S/C17H20N2O6/c20-14(18-11-3-1-2-4-11)9-13-15(21)17(23,19-16(13)22)10-5-7-12(25-24)8-6-10/h5-8,11,13,23-24H,1-4,9H2,(H,18,20)(H,19,22). The molecule has 1 aliphatic carbocycles. The molecule has 1 saturated carbocycles. The first-order chi connectivity index (χ1) is 11.9. The zero-order valence-corrected chi connectivity index (χ0v) is 13.5. The van der Waals surface area contributed by atoms with Gasteiger partial charge >= 0.3 is 0 Å². The summed E-state index contributed by atoms with van der Waals surface area (Å²) in [5.74, 6) is -2.93. The summed E-state index contributed by atoms with van der Waals surface area (Å²) in [7, 11) is 0. The molecule has 25 heavy (non-hydrogen) atoms. The lowest BCUT2D eigenvalue weighted by atomic mass is 9.92. The molecular formula is C17H20N2O6. The average molecular weight is 348 g/mol. The molecule has 2 amide bonds. The van der Waals surface area contributed by atoms with Crippen molar-refractivity contribution in [3.63, 3.8) is 0 Å². The Kier molecular flexibility index (Phi) is 4.73. The summed E-state index contributed by atoms with van der Waals surface area (Å²) in [6, 6.07) is 5.48. The fourth-order valence-corrected chi connectivity index (χ4v) is 3.40. The van der Waals surface area contributed by atoms with Gasteiger partial charge in [0, 0.05) is 18.0 Å². The Hall–Kier alpha value is -2.45. The molecule has 134 valence electrons. The van der Waals surface area contributed by atoms with Gasteiger partial charge in [-0.15, -0.1) is 0 Å². The molecule has 4 N–H and O–H groups in total. The maximum absolute atomic E-state index is 12.6. The highest BCUT2D eigenvalue weighted by Gasteiger charge is 2.53. The number of carbonyl (C=O) groups excluding carboxylic acids is 3. The maximum Gasteiger partial charge on any atom is 0.234 e. The van der Waals surface area contributed by atoms with E-state index in [0.717, 1.165) is 25.7 Å². The lowest BCUT2D eigenvalue weighted by Gasteiger charge is -2.21. The van der Waals surface area contributed by atoms with Crippen LogP contribution in [-0.2, 0) is 20.1 Å². The minimum Gasteiger partial charge on any atom is -0.361 e. The maximum atomic E-state index is 12.6. The van der Waals surface area contributed by atoms with E-state index in [1.54, 1.807) is 0 Å². The predicted molar refractivity (Wildman–Crippen MR) is 85.3 cm³/mol. The Labute approximate surface area is 144 Å². The molecule has 8 heteroatoms. The summed E-state index contributed by atoms with van der Waals surface area (Å²) in [6.07, 6.45) is 3.63. The molecule has 1 aromatic rings. The van der Waals surface area contributed by atoms with Gasteiger partial charge in [-0.25, -0.2) is 5.26 Å². The van der Waals surface area contributed by atoms with Gasteiger partial charge in [0.2, 0.25) is 23.3 Å². The van der Waals surface area contributed by atoms with Gasteiger partial charge in [-0.3, -0.25) is 14.4 Å². The van der Waals surface area contributed by atoms with Crippen LogP contribution in [0.4, 0.5) is 0 Å². The molecule has 1 aromatic carbocycles. The Balaban J connectivity index is 1.71. The first-order valence-corrected chi connectivity index (χ1v) is 8.24. The van der Waals surface area contributed by atoms with Crippen molar-refractivity contribution in [1.82, 2.24) is 10.6 Å². The number of ketones is 1. The van der Waals surface area contributed by atoms with Gasteiger partial charge in [-0.2, -0.15) is 0 Å². The third-order valence-electron chi connectivity index (χ3n) is 4.78. The van der Waals surface area contributed by atoms with Crippen LogP contribution in [0.25, 0.3) is 0 Å². The number of nitrogens with one attached hydrogen (secondary N) is 2. The Bertz CT molecular complexity index is 683.